The summed E-state index contributed by atoms with van der Waals surface area (Å²) in [5.74, 6) is -0.714. The summed E-state index contributed by atoms with van der Waals surface area (Å²) in [5.41, 5.74) is 0.530. The summed E-state index contributed by atoms with van der Waals surface area (Å²) in [6.45, 7) is 3.71. The summed E-state index contributed by atoms with van der Waals surface area (Å²) in [6.07, 6.45) is 0. The van der Waals surface area contributed by atoms with Gasteiger partial charge in [0.2, 0.25) is 0 Å². The Labute approximate surface area is 101 Å². The number of benzene rings is 1. The van der Waals surface area contributed by atoms with Crippen LogP contribution in [0.3, 0.4) is 0 Å². The second-order valence-electron chi connectivity index (χ2n) is 4.08. The van der Waals surface area contributed by atoms with Crippen molar-refractivity contribution < 1.29 is 14.3 Å². The van der Waals surface area contributed by atoms with Gasteiger partial charge in [-0.2, -0.15) is 0 Å². The molecular weight excluding hydrogens is 218 g/mol. The molecule has 0 heterocycles. The summed E-state index contributed by atoms with van der Waals surface area (Å²) in [5, 5.41) is 2.67. The van der Waals surface area contributed by atoms with E-state index in [1.807, 2.05) is 19.9 Å². The molecule has 0 aliphatic rings. The van der Waals surface area contributed by atoms with Crippen molar-refractivity contribution in [1.29, 1.82) is 0 Å². The highest BCUT2D eigenvalue weighted by molar-refractivity contribution is 5.96. The second kappa shape index (κ2) is 6.03. The molecule has 4 heteroatoms. The topological polar surface area (TPSA) is 55.4 Å². The third kappa shape index (κ3) is 3.59. The van der Waals surface area contributed by atoms with Gasteiger partial charge >= 0.3 is 5.97 Å². The molecule has 0 unspecified atom stereocenters. The molecule has 0 saturated carbocycles. The van der Waals surface area contributed by atoms with Crippen LogP contribution in [0.15, 0.2) is 30.3 Å². The van der Waals surface area contributed by atoms with Gasteiger partial charge in [-0.25, -0.2) is 4.79 Å². The molecule has 1 atom stereocenters. The number of hydrogen-bond donors (Lipinski definition) is 1. The fourth-order valence-electron chi connectivity index (χ4n) is 1.44. The largest absolute Gasteiger partial charge is 0.467 e. The number of hydrogen-bond acceptors (Lipinski definition) is 3. The van der Waals surface area contributed by atoms with E-state index >= 15 is 0 Å². The van der Waals surface area contributed by atoms with Crippen molar-refractivity contribution in [2.24, 2.45) is 5.92 Å². The highest BCUT2D eigenvalue weighted by atomic mass is 16.5. The molecule has 0 spiro atoms. The van der Waals surface area contributed by atoms with Crippen LogP contribution in [0.25, 0.3) is 0 Å². The number of methoxy groups -OCH3 is 1. The van der Waals surface area contributed by atoms with Crippen LogP contribution in [-0.4, -0.2) is 25.0 Å². The zero-order chi connectivity index (χ0) is 12.8. The maximum Gasteiger partial charge on any atom is 0.328 e. The number of carbonyl (C=O) groups is 2. The minimum Gasteiger partial charge on any atom is -0.467 e. The summed E-state index contributed by atoms with van der Waals surface area (Å²) >= 11 is 0. The number of rotatable bonds is 4. The SMILES string of the molecule is COC(=O)[C@H](NC(=O)c1ccccc1)C(C)C. The zero-order valence-corrected chi connectivity index (χ0v) is 10.3. The summed E-state index contributed by atoms with van der Waals surface area (Å²) < 4.78 is 4.66. The Bertz CT molecular complexity index is 387. The first-order chi connectivity index (χ1) is 8.06. The third-order valence-electron chi connectivity index (χ3n) is 2.44. The van der Waals surface area contributed by atoms with Crippen LogP contribution in [0.4, 0.5) is 0 Å². The quantitative estimate of drug-likeness (QED) is 0.807. The van der Waals surface area contributed by atoms with Crippen LogP contribution in [-0.2, 0) is 9.53 Å². The number of amides is 1. The molecule has 1 amide bonds. The Kier molecular flexibility index (Phi) is 4.69. The summed E-state index contributed by atoms with van der Waals surface area (Å²) in [7, 11) is 1.31. The van der Waals surface area contributed by atoms with Crippen molar-refractivity contribution >= 4 is 11.9 Å². The molecule has 0 aliphatic carbocycles. The van der Waals surface area contributed by atoms with Gasteiger partial charge in [-0.1, -0.05) is 32.0 Å². The fourth-order valence-corrected chi connectivity index (χ4v) is 1.44. The number of ether oxygens (including phenoxy) is 1. The lowest BCUT2D eigenvalue weighted by Crippen LogP contribution is -2.45. The van der Waals surface area contributed by atoms with Crippen molar-refractivity contribution in [3.63, 3.8) is 0 Å². The average molecular weight is 235 g/mol. The van der Waals surface area contributed by atoms with Crippen molar-refractivity contribution in [3.05, 3.63) is 35.9 Å². The van der Waals surface area contributed by atoms with E-state index in [9.17, 15) is 9.59 Å². The van der Waals surface area contributed by atoms with Crippen molar-refractivity contribution in [2.45, 2.75) is 19.9 Å². The Morgan fingerprint density at radius 2 is 1.76 bits per heavy atom. The van der Waals surface area contributed by atoms with Gasteiger partial charge in [0.05, 0.1) is 7.11 Å². The zero-order valence-electron chi connectivity index (χ0n) is 10.3. The van der Waals surface area contributed by atoms with E-state index in [-0.39, 0.29) is 11.8 Å². The van der Waals surface area contributed by atoms with Crippen LogP contribution >= 0.6 is 0 Å². The van der Waals surface area contributed by atoms with E-state index in [1.165, 1.54) is 7.11 Å². The van der Waals surface area contributed by atoms with E-state index in [0.29, 0.717) is 5.56 Å². The van der Waals surface area contributed by atoms with Gasteiger partial charge in [0, 0.05) is 5.56 Å². The van der Waals surface area contributed by atoms with Gasteiger partial charge < -0.3 is 10.1 Å². The second-order valence-corrected chi connectivity index (χ2v) is 4.08. The first-order valence-corrected chi connectivity index (χ1v) is 5.50. The fraction of sp³-hybridized carbons (Fsp3) is 0.385. The van der Waals surface area contributed by atoms with Gasteiger partial charge in [-0.05, 0) is 18.1 Å². The van der Waals surface area contributed by atoms with E-state index in [4.69, 9.17) is 0 Å². The molecule has 0 radical (unpaired) electrons. The number of carbonyl (C=O) groups excluding carboxylic acids is 2. The summed E-state index contributed by atoms with van der Waals surface area (Å²) in [4.78, 5) is 23.3. The Morgan fingerprint density at radius 3 is 2.24 bits per heavy atom. The third-order valence-corrected chi connectivity index (χ3v) is 2.44. The highest BCUT2D eigenvalue weighted by Gasteiger charge is 2.25. The molecule has 1 aromatic carbocycles. The minimum atomic E-state index is -0.618. The monoisotopic (exact) mass is 235 g/mol. The van der Waals surface area contributed by atoms with Crippen LogP contribution in [0, 0.1) is 5.92 Å². The van der Waals surface area contributed by atoms with E-state index < -0.39 is 12.0 Å². The first-order valence-electron chi connectivity index (χ1n) is 5.50. The molecule has 0 saturated heterocycles. The van der Waals surface area contributed by atoms with Crippen LogP contribution in [0.2, 0.25) is 0 Å². The lowest BCUT2D eigenvalue weighted by molar-refractivity contribution is -0.144. The van der Waals surface area contributed by atoms with Crippen molar-refractivity contribution in [1.82, 2.24) is 5.32 Å². The standard InChI is InChI=1S/C13H17NO3/c1-9(2)11(13(16)17-3)14-12(15)10-7-5-4-6-8-10/h4-9,11H,1-3H3,(H,14,15)/t11-/m1/s1. The molecule has 0 fully saturated rings. The van der Waals surface area contributed by atoms with E-state index in [1.54, 1.807) is 24.3 Å². The molecule has 1 N–H and O–H groups in total. The molecule has 17 heavy (non-hydrogen) atoms. The molecule has 0 aromatic heterocycles. The van der Waals surface area contributed by atoms with Crippen LogP contribution in [0.1, 0.15) is 24.2 Å². The highest BCUT2D eigenvalue weighted by Crippen LogP contribution is 2.06. The lowest BCUT2D eigenvalue weighted by atomic mass is 10.0. The normalized spacial score (nSPS) is 12.0. The maximum atomic E-state index is 11.9. The Balaban J connectivity index is 2.75. The molecule has 0 bridgehead atoms. The van der Waals surface area contributed by atoms with Gasteiger partial charge in [-0.3, -0.25) is 4.79 Å². The van der Waals surface area contributed by atoms with Crippen LogP contribution < -0.4 is 5.32 Å². The molecule has 1 rings (SSSR count). The van der Waals surface area contributed by atoms with Gasteiger partial charge in [0.25, 0.3) is 5.91 Å². The molecule has 4 nitrogen and oxygen atoms in total. The molecule has 0 aliphatic heterocycles. The minimum absolute atomic E-state index is 0.0184. The Hall–Kier alpha value is -1.84. The average Bonchev–Trinajstić information content (AvgIpc) is 2.35. The smallest absolute Gasteiger partial charge is 0.328 e. The first kappa shape index (κ1) is 13.2. The van der Waals surface area contributed by atoms with E-state index in [0.717, 1.165) is 0 Å². The number of nitrogens with one attached hydrogen (secondary N) is 1. The Morgan fingerprint density at radius 1 is 1.18 bits per heavy atom. The van der Waals surface area contributed by atoms with E-state index in [2.05, 4.69) is 10.1 Å². The van der Waals surface area contributed by atoms with Gasteiger partial charge in [0.15, 0.2) is 0 Å². The van der Waals surface area contributed by atoms with Crippen LogP contribution in [0.5, 0.6) is 0 Å². The van der Waals surface area contributed by atoms with Gasteiger partial charge in [-0.15, -0.1) is 0 Å². The lowest BCUT2D eigenvalue weighted by Gasteiger charge is -2.19. The van der Waals surface area contributed by atoms with Gasteiger partial charge in [0.1, 0.15) is 6.04 Å². The predicted octanol–water partition coefficient (Wildman–Crippen LogP) is 1.61. The predicted molar refractivity (Wildman–Crippen MR) is 64.6 cm³/mol. The maximum absolute atomic E-state index is 11.9. The summed E-state index contributed by atoms with van der Waals surface area (Å²) in [6, 6.07) is 8.16. The van der Waals surface area contributed by atoms with Crippen molar-refractivity contribution in [2.75, 3.05) is 7.11 Å². The molecule has 92 valence electrons. The molecular formula is C13H17NO3. The molecule has 1 aromatic rings. The van der Waals surface area contributed by atoms with Crippen molar-refractivity contribution in [3.8, 4) is 0 Å². The number of esters is 1.